The summed E-state index contributed by atoms with van der Waals surface area (Å²) in [5.41, 5.74) is 4.53. The van der Waals surface area contributed by atoms with E-state index in [0.29, 0.717) is 4.47 Å². The van der Waals surface area contributed by atoms with Gasteiger partial charge in [0.15, 0.2) is 0 Å². The quantitative estimate of drug-likeness (QED) is 0.906. The number of rotatable bonds is 2. The van der Waals surface area contributed by atoms with Crippen LogP contribution in [0.1, 0.15) is 11.1 Å². The van der Waals surface area contributed by atoms with Gasteiger partial charge in [-0.1, -0.05) is 15.9 Å². The molecule has 1 aromatic carbocycles. The van der Waals surface area contributed by atoms with Crippen LogP contribution in [-0.2, 0) is 12.7 Å². The van der Waals surface area contributed by atoms with E-state index in [4.69, 9.17) is 10.5 Å². The Bertz CT molecular complexity index is 365. The molecule has 15 heavy (non-hydrogen) atoms. The van der Waals surface area contributed by atoms with Crippen LogP contribution in [0.2, 0.25) is 0 Å². The van der Waals surface area contributed by atoms with Crippen molar-refractivity contribution < 1.29 is 17.9 Å². The van der Waals surface area contributed by atoms with Gasteiger partial charge in [0.1, 0.15) is 5.75 Å². The number of ether oxygens (including phenoxy) is 1. The van der Waals surface area contributed by atoms with Crippen molar-refractivity contribution in [1.82, 2.24) is 0 Å². The molecule has 0 saturated carbocycles. The lowest BCUT2D eigenvalue weighted by Gasteiger charge is -2.14. The molecule has 0 unspecified atom stereocenters. The molecule has 0 atom stereocenters. The van der Waals surface area contributed by atoms with E-state index in [0.717, 1.165) is 6.07 Å². The number of halogens is 4. The third-order valence-electron chi connectivity index (χ3n) is 1.91. The molecule has 0 aliphatic heterocycles. The van der Waals surface area contributed by atoms with Crippen LogP contribution in [0.25, 0.3) is 0 Å². The van der Waals surface area contributed by atoms with Crippen LogP contribution in [0.4, 0.5) is 13.2 Å². The molecule has 0 bridgehead atoms. The lowest BCUT2D eigenvalue weighted by molar-refractivity contribution is -0.138. The lowest BCUT2D eigenvalue weighted by Crippen LogP contribution is -2.12. The molecule has 0 saturated heterocycles. The molecule has 2 nitrogen and oxygen atoms in total. The van der Waals surface area contributed by atoms with E-state index in [-0.39, 0.29) is 17.9 Å². The highest BCUT2D eigenvalue weighted by Gasteiger charge is 2.34. The van der Waals surface area contributed by atoms with Gasteiger partial charge in [0.05, 0.1) is 12.7 Å². The van der Waals surface area contributed by atoms with Crippen molar-refractivity contribution in [2.45, 2.75) is 12.7 Å². The highest BCUT2D eigenvalue weighted by Crippen LogP contribution is 2.37. The normalized spacial score (nSPS) is 11.6. The Balaban J connectivity index is 3.39. The van der Waals surface area contributed by atoms with E-state index in [1.165, 1.54) is 13.2 Å². The van der Waals surface area contributed by atoms with E-state index in [1.54, 1.807) is 0 Å². The van der Waals surface area contributed by atoms with Gasteiger partial charge in [-0.25, -0.2) is 0 Å². The van der Waals surface area contributed by atoms with Gasteiger partial charge in [0, 0.05) is 11.0 Å². The summed E-state index contributed by atoms with van der Waals surface area (Å²) in [5.74, 6) is 0.145. The number of nitrogens with two attached hydrogens (primary N) is 1. The Morgan fingerprint density at radius 3 is 2.40 bits per heavy atom. The van der Waals surface area contributed by atoms with Gasteiger partial charge >= 0.3 is 6.18 Å². The summed E-state index contributed by atoms with van der Waals surface area (Å²) in [4.78, 5) is 0. The molecule has 84 valence electrons. The average molecular weight is 284 g/mol. The summed E-state index contributed by atoms with van der Waals surface area (Å²) < 4.78 is 42.9. The SMILES string of the molecule is COc1cc(Br)c(CN)c(C(F)(F)F)c1. The Hall–Kier alpha value is -0.750. The molecule has 0 aliphatic rings. The Labute approximate surface area is 93.3 Å². The molecule has 0 fully saturated rings. The molecular formula is C9H9BrF3NO. The zero-order valence-electron chi connectivity index (χ0n) is 7.86. The number of alkyl halides is 3. The predicted octanol–water partition coefficient (Wildman–Crippen LogP) is 2.94. The number of hydrogen-bond donors (Lipinski definition) is 1. The summed E-state index contributed by atoms with van der Waals surface area (Å²) in [5, 5.41) is 0. The van der Waals surface area contributed by atoms with Crippen molar-refractivity contribution in [2.75, 3.05) is 7.11 Å². The second kappa shape index (κ2) is 4.40. The smallest absolute Gasteiger partial charge is 0.416 e. The first kappa shape index (κ1) is 12.3. The summed E-state index contributed by atoms with van der Waals surface area (Å²) in [6.45, 7) is -0.181. The van der Waals surface area contributed by atoms with E-state index in [1.807, 2.05) is 0 Å². The van der Waals surface area contributed by atoms with E-state index in [2.05, 4.69) is 15.9 Å². The average Bonchev–Trinajstić information content (AvgIpc) is 2.15. The fourth-order valence-electron chi connectivity index (χ4n) is 1.19. The molecule has 1 aromatic rings. The van der Waals surface area contributed by atoms with Crippen molar-refractivity contribution in [3.8, 4) is 5.75 Å². The summed E-state index contributed by atoms with van der Waals surface area (Å²) in [6, 6.07) is 2.39. The van der Waals surface area contributed by atoms with Crippen LogP contribution in [-0.4, -0.2) is 7.11 Å². The van der Waals surface area contributed by atoms with Gasteiger partial charge < -0.3 is 10.5 Å². The van der Waals surface area contributed by atoms with Gasteiger partial charge in [-0.3, -0.25) is 0 Å². The van der Waals surface area contributed by atoms with Crippen LogP contribution in [0.5, 0.6) is 5.75 Å². The van der Waals surface area contributed by atoms with Crippen molar-refractivity contribution >= 4 is 15.9 Å². The van der Waals surface area contributed by atoms with Crippen LogP contribution < -0.4 is 10.5 Å². The Kier molecular flexibility index (Phi) is 3.62. The predicted molar refractivity (Wildman–Crippen MR) is 53.6 cm³/mol. The molecule has 1 rings (SSSR count). The zero-order chi connectivity index (χ0) is 11.6. The maximum absolute atomic E-state index is 12.6. The van der Waals surface area contributed by atoms with E-state index >= 15 is 0 Å². The molecule has 6 heteroatoms. The molecule has 0 spiro atoms. The standard InChI is InChI=1S/C9H9BrF3NO/c1-15-5-2-7(9(11,12)13)6(4-14)8(10)3-5/h2-3H,4,14H2,1H3. The molecule has 0 heterocycles. The third-order valence-corrected chi connectivity index (χ3v) is 2.62. The van der Waals surface area contributed by atoms with Crippen molar-refractivity contribution in [2.24, 2.45) is 5.73 Å². The van der Waals surface area contributed by atoms with Crippen molar-refractivity contribution in [3.63, 3.8) is 0 Å². The van der Waals surface area contributed by atoms with Gasteiger partial charge in [-0.2, -0.15) is 13.2 Å². The zero-order valence-corrected chi connectivity index (χ0v) is 9.45. The molecule has 0 radical (unpaired) electrons. The summed E-state index contributed by atoms with van der Waals surface area (Å²) in [6.07, 6.45) is -4.42. The topological polar surface area (TPSA) is 35.2 Å². The molecular weight excluding hydrogens is 275 g/mol. The van der Waals surface area contributed by atoms with Crippen LogP contribution in [0.15, 0.2) is 16.6 Å². The second-order valence-electron chi connectivity index (χ2n) is 2.84. The number of benzene rings is 1. The molecule has 0 amide bonds. The molecule has 2 N–H and O–H groups in total. The Morgan fingerprint density at radius 2 is 2.00 bits per heavy atom. The first-order valence-corrected chi connectivity index (χ1v) is 4.83. The fourth-order valence-corrected chi connectivity index (χ4v) is 1.79. The third kappa shape index (κ3) is 2.63. The first-order valence-electron chi connectivity index (χ1n) is 4.03. The summed E-state index contributed by atoms with van der Waals surface area (Å²) in [7, 11) is 1.31. The molecule has 0 aliphatic carbocycles. The fraction of sp³-hybridized carbons (Fsp3) is 0.333. The highest BCUT2D eigenvalue weighted by atomic mass is 79.9. The lowest BCUT2D eigenvalue weighted by atomic mass is 10.1. The minimum absolute atomic E-state index is 0.0308. The van der Waals surface area contributed by atoms with Gasteiger partial charge in [0.25, 0.3) is 0 Å². The molecule has 0 aromatic heterocycles. The first-order chi connectivity index (χ1) is 6.90. The largest absolute Gasteiger partial charge is 0.497 e. The highest BCUT2D eigenvalue weighted by molar-refractivity contribution is 9.10. The number of hydrogen-bond acceptors (Lipinski definition) is 2. The van der Waals surface area contributed by atoms with Crippen LogP contribution in [0.3, 0.4) is 0 Å². The number of methoxy groups -OCH3 is 1. The monoisotopic (exact) mass is 283 g/mol. The van der Waals surface area contributed by atoms with Gasteiger partial charge in [-0.15, -0.1) is 0 Å². The van der Waals surface area contributed by atoms with Crippen molar-refractivity contribution in [3.05, 3.63) is 27.7 Å². The van der Waals surface area contributed by atoms with E-state index in [9.17, 15) is 13.2 Å². The van der Waals surface area contributed by atoms with Gasteiger partial charge in [0.2, 0.25) is 0 Å². The van der Waals surface area contributed by atoms with Crippen LogP contribution in [0, 0.1) is 0 Å². The summed E-state index contributed by atoms with van der Waals surface area (Å²) >= 11 is 3.03. The van der Waals surface area contributed by atoms with Gasteiger partial charge in [-0.05, 0) is 17.7 Å². The van der Waals surface area contributed by atoms with Crippen LogP contribution >= 0.6 is 15.9 Å². The Morgan fingerprint density at radius 1 is 1.40 bits per heavy atom. The second-order valence-corrected chi connectivity index (χ2v) is 3.69. The maximum Gasteiger partial charge on any atom is 0.416 e. The minimum Gasteiger partial charge on any atom is -0.497 e. The van der Waals surface area contributed by atoms with Crippen molar-refractivity contribution in [1.29, 1.82) is 0 Å². The minimum atomic E-state index is -4.42. The maximum atomic E-state index is 12.6. The van der Waals surface area contributed by atoms with E-state index < -0.39 is 11.7 Å².